The van der Waals surface area contributed by atoms with Gasteiger partial charge in [-0.2, -0.15) is 0 Å². The smallest absolute Gasteiger partial charge is 0.370 e. The summed E-state index contributed by atoms with van der Waals surface area (Å²) >= 11 is 5.61. The number of phosphoric ester groups is 1. The number of alkyl halides is 1. The van der Waals surface area contributed by atoms with Gasteiger partial charge in [-0.25, -0.2) is 4.57 Å². The van der Waals surface area contributed by atoms with E-state index < -0.39 is 73.5 Å². The first kappa shape index (κ1) is 40.2. The van der Waals surface area contributed by atoms with Crippen molar-refractivity contribution in [3.63, 3.8) is 0 Å². The molecule has 1 fully saturated rings. The average molecular weight is 739 g/mol. The number of guanidine groups is 1. The number of amides is 5. The number of nitrogens with one attached hydrogen (secondary N) is 3. The molecular weight excluding hydrogens is 695 g/mol. The maximum Gasteiger partial charge on any atom is 0.469 e. The Morgan fingerprint density at radius 3 is 2.36 bits per heavy atom. The van der Waals surface area contributed by atoms with Gasteiger partial charge in [0, 0.05) is 19.5 Å². The molecule has 1 heterocycles. The lowest BCUT2D eigenvalue weighted by Crippen LogP contribution is -2.62. The number of carbonyl (C=O) groups is 5. The summed E-state index contributed by atoms with van der Waals surface area (Å²) in [6.45, 7) is 1.44. The molecular formula is C31H44ClN8O9P. The lowest BCUT2D eigenvalue weighted by Gasteiger charge is -2.38. The van der Waals surface area contributed by atoms with Gasteiger partial charge in [0.05, 0.1) is 6.10 Å². The number of benzene rings is 2. The van der Waals surface area contributed by atoms with Gasteiger partial charge < -0.3 is 47.8 Å². The third-order valence-electron chi connectivity index (χ3n) is 8.06. The number of nitrogens with zero attached hydrogens (tertiary/aromatic N) is 2. The fraction of sp³-hybridized carbons (Fsp3) is 0.484. The molecule has 0 saturated carbocycles. The minimum Gasteiger partial charge on any atom is -0.370 e. The standard InChI is InChI=1S/C31H44ClN8O9P/c1-18(49-50(46,47)48)26(39-25(41)17-32)30(45)40-14-5-4-10-24(40)29(44)38-23(16-19-11-12-20-7-2-3-8-21(20)15-19)28(43)37-22(27(33)42)9-6-13-36-31(34)35/h2-3,7-8,11-12,15,18,22-24,26H,4-6,9-10,13-14,16-17H2,1H3,(H2,33,42)(H,37,43)(H,38,44)(H,39,41)(H4,34,35,36)(H2,46,47,48)/t18-,22-,23-,24-,26-/m0/s1. The zero-order valence-corrected chi connectivity index (χ0v) is 29.1. The number of hydrogen-bond acceptors (Lipinski definition) is 8. The van der Waals surface area contributed by atoms with Gasteiger partial charge in [0.2, 0.25) is 29.5 Å². The number of aliphatic imine (C=N–C) groups is 1. The zero-order valence-electron chi connectivity index (χ0n) is 27.5. The highest BCUT2D eigenvalue weighted by Gasteiger charge is 2.41. The number of phosphoric acid groups is 1. The molecule has 0 spiro atoms. The molecule has 274 valence electrons. The first-order valence-corrected chi connectivity index (χ1v) is 18.0. The lowest BCUT2D eigenvalue weighted by molar-refractivity contribution is -0.147. The van der Waals surface area contributed by atoms with Gasteiger partial charge in [-0.05, 0) is 55.4 Å². The van der Waals surface area contributed by atoms with E-state index in [2.05, 4.69) is 20.9 Å². The Hall–Kier alpha value is -4.28. The molecule has 2 aromatic rings. The van der Waals surface area contributed by atoms with Crippen LogP contribution in [-0.4, -0.2) is 99.4 Å². The van der Waals surface area contributed by atoms with Crippen LogP contribution in [0.4, 0.5) is 0 Å². The molecule has 19 heteroatoms. The maximum absolute atomic E-state index is 13.9. The molecule has 0 aliphatic carbocycles. The number of piperidine rings is 1. The van der Waals surface area contributed by atoms with Crippen LogP contribution in [0.2, 0.25) is 0 Å². The Labute approximate surface area is 293 Å². The van der Waals surface area contributed by atoms with Gasteiger partial charge in [-0.3, -0.25) is 33.5 Å². The fourth-order valence-electron chi connectivity index (χ4n) is 5.66. The van der Waals surface area contributed by atoms with E-state index in [1.165, 1.54) is 11.8 Å². The van der Waals surface area contributed by atoms with Gasteiger partial charge in [0.25, 0.3) is 0 Å². The Morgan fingerprint density at radius 1 is 1.02 bits per heavy atom. The molecule has 1 aliphatic rings. The largest absolute Gasteiger partial charge is 0.469 e. The van der Waals surface area contributed by atoms with E-state index in [9.17, 15) is 38.3 Å². The van der Waals surface area contributed by atoms with Crippen LogP contribution in [0.3, 0.4) is 0 Å². The van der Waals surface area contributed by atoms with Crippen molar-refractivity contribution in [1.29, 1.82) is 0 Å². The first-order valence-electron chi connectivity index (χ1n) is 15.9. The molecule has 0 radical (unpaired) electrons. The van der Waals surface area contributed by atoms with Gasteiger partial charge in [0.1, 0.15) is 30.0 Å². The summed E-state index contributed by atoms with van der Waals surface area (Å²) in [5.41, 5.74) is 17.0. The second-order valence-electron chi connectivity index (χ2n) is 11.9. The second kappa shape index (κ2) is 18.6. The number of fused-ring (bicyclic) bond motifs is 1. The highest BCUT2D eigenvalue weighted by atomic mass is 35.5. The van der Waals surface area contributed by atoms with Crippen molar-refractivity contribution in [2.24, 2.45) is 22.2 Å². The molecule has 17 nitrogen and oxygen atoms in total. The number of hydrogen-bond donors (Lipinski definition) is 8. The van der Waals surface area contributed by atoms with Gasteiger partial charge in [-0.1, -0.05) is 42.5 Å². The molecule has 0 aromatic heterocycles. The molecule has 1 saturated heterocycles. The molecule has 2 aromatic carbocycles. The average Bonchev–Trinajstić information content (AvgIpc) is 3.06. The van der Waals surface area contributed by atoms with E-state index in [-0.39, 0.29) is 38.3 Å². The number of primary amides is 1. The Balaban J connectivity index is 1.90. The number of likely N-dealkylation sites (tertiary alicyclic amines) is 1. The van der Waals surface area contributed by atoms with Crippen molar-refractivity contribution in [3.8, 4) is 0 Å². The van der Waals surface area contributed by atoms with Crippen molar-refractivity contribution < 1.29 is 42.8 Å². The Bertz CT molecular complexity index is 1620. The third kappa shape index (κ3) is 12.2. The minimum atomic E-state index is -5.08. The predicted molar refractivity (Wildman–Crippen MR) is 185 cm³/mol. The summed E-state index contributed by atoms with van der Waals surface area (Å²) < 4.78 is 16.3. The highest BCUT2D eigenvalue weighted by molar-refractivity contribution is 7.46. The van der Waals surface area contributed by atoms with Crippen LogP contribution in [0.15, 0.2) is 47.5 Å². The Kier molecular flexibility index (Phi) is 15.0. The first-order chi connectivity index (χ1) is 23.6. The van der Waals surface area contributed by atoms with E-state index in [0.29, 0.717) is 24.8 Å². The second-order valence-corrected chi connectivity index (χ2v) is 13.3. The molecule has 11 N–H and O–H groups in total. The van der Waals surface area contributed by atoms with E-state index in [1.807, 2.05) is 36.4 Å². The summed E-state index contributed by atoms with van der Waals surface area (Å²) in [5.74, 6) is -4.54. The van der Waals surface area contributed by atoms with Crippen LogP contribution < -0.4 is 33.2 Å². The molecule has 0 bridgehead atoms. The van der Waals surface area contributed by atoms with E-state index in [1.54, 1.807) is 6.07 Å². The molecule has 3 rings (SSSR count). The van der Waals surface area contributed by atoms with Gasteiger partial charge in [0.15, 0.2) is 5.96 Å². The predicted octanol–water partition coefficient (Wildman–Crippen LogP) is -0.507. The van der Waals surface area contributed by atoms with Crippen LogP contribution >= 0.6 is 19.4 Å². The quantitative estimate of drug-likeness (QED) is 0.0336. The summed E-state index contributed by atoms with van der Waals surface area (Å²) in [6, 6.07) is 8.04. The monoisotopic (exact) mass is 738 g/mol. The van der Waals surface area contributed by atoms with Crippen LogP contribution in [0.5, 0.6) is 0 Å². The number of nitrogens with two attached hydrogens (primary N) is 3. The Morgan fingerprint density at radius 2 is 1.72 bits per heavy atom. The SMILES string of the molecule is C[C@H](OP(=O)(O)O)[C@H](NC(=O)CCl)C(=O)N1CCCC[C@H]1C(=O)N[C@@H](Cc1ccc2ccccc2c1)C(=O)N[C@@H](CCCN=C(N)N)C(N)=O. The third-order valence-corrected chi connectivity index (χ3v) is 8.91. The van der Waals surface area contributed by atoms with Crippen LogP contribution in [0, 0.1) is 0 Å². The van der Waals surface area contributed by atoms with Gasteiger partial charge >= 0.3 is 7.82 Å². The van der Waals surface area contributed by atoms with E-state index in [4.69, 9.17) is 33.3 Å². The highest BCUT2D eigenvalue weighted by Crippen LogP contribution is 2.38. The van der Waals surface area contributed by atoms with Crippen molar-refractivity contribution in [1.82, 2.24) is 20.9 Å². The zero-order chi connectivity index (χ0) is 37.0. The van der Waals surface area contributed by atoms with Crippen LogP contribution in [0.25, 0.3) is 10.8 Å². The summed E-state index contributed by atoms with van der Waals surface area (Å²) in [5, 5.41) is 9.53. The number of halogens is 1. The number of rotatable bonds is 17. The molecule has 0 unspecified atom stereocenters. The summed E-state index contributed by atoms with van der Waals surface area (Å²) in [4.78, 5) is 89.7. The summed E-state index contributed by atoms with van der Waals surface area (Å²) in [6.07, 6.45) is 0.133. The molecule has 50 heavy (non-hydrogen) atoms. The number of carbonyl (C=O) groups excluding carboxylic acids is 5. The topological polar surface area (TPSA) is 282 Å². The molecule has 5 amide bonds. The van der Waals surface area contributed by atoms with Crippen molar-refractivity contribution in [3.05, 3.63) is 48.0 Å². The van der Waals surface area contributed by atoms with Crippen molar-refractivity contribution >= 4 is 65.7 Å². The molecule has 5 atom stereocenters. The van der Waals surface area contributed by atoms with E-state index in [0.717, 1.165) is 10.8 Å². The summed E-state index contributed by atoms with van der Waals surface area (Å²) in [7, 11) is -5.08. The van der Waals surface area contributed by atoms with Crippen molar-refractivity contribution in [2.45, 2.75) is 75.7 Å². The fourth-order valence-corrected chi connectivity index (χ4v) is 6.29. The van der Waals surface area contributed by atoms with Crippen LogP contribution in [0.1, 0.15) is 44.6 Å². The minimum absolute atomic E-state index is 0.00409. The van der Waals surface area contributed by atoms with Gasteiger partial charge in [-0.15, -0.1) is 11.6 Å². The maximum atomic E-state index is 13.9. The van der Waals surface area contributed by atoms with Crippen LogP contribution in [-0.2, 0) is 39.5 Å². The van der Waals surface area contributed by atoms with Crippen molar-refractivity contribution in [2.75, 3.05) is 19.0 Å². The lowest BCUT2D eigenvalue weighted by atomic mass is 9.97. The molecule has 1 aliphatic heterocycles. The van der Waals surface area contributed by atoms with E-state index >= 15 is 0 Å². The normalized spacial score (nSPS) is 17.1.